The number of fused-ring (bicyclic) bond motifs is 1. The number of aromatic carboxylic acids is 1. The van der Waals surface area contributed by atoms with Crippen molar-refractivity contribution in [1.29, 1.82) is 0 Å². The Hall–Kier alpha value is -2.02. The molecule has 1 N–H and O–H groups in total. The molecule has 0 unspecified atom stereocenters. The van der Waals surface area contributed by atoms with E-state index < -0.39 is 5.97 Å². The molecule has 21 heavy (non-hydrogen) atoms. The van der Waals surface area contributed by atoms with E-state index in [2.05, 4.69) is 4.98 Å². The van der Waals surface area contributed by atoms with E-state index in [1.54, 1.807) is 6.92 Å². The summed E-state index contributed by atoms with van der Waals surface area (Å²) >= 11 is 1.02. The number of carboxylic acids is 1. The van der Waals surface area contributed by atoms with E-state index in [1.807, 2.05) is 12.2 Å². The Morgan fingerprint density at radius 3 is 2.38 bits per heavy atom. The van der Waals surface area contributed by atoms with E-state index in [0.29, 0.717) is 23.5 Å². The van der Waals surface area contributed by atoms with Crippen LogP contribution in [0.2, 0.25) is 0 Å². The molecule has 1 fully saturated rings. The molecule has 2 amide bonds. The highest BCUT2D eigenvalue weighted by Crippen LogP contribution is 2.36. The van der Waals surface area contributed by atoms with Gasteiger partial charge in [0.15, 0.2) is 0 Å². The number of carbonyl (C=O) groups is 3. The minimum absolute atomic E-state index is 0.0729. The quantitative estimate of drug-likeness (QED) is 0.677. The molecule has 6 nitrogen and oxygen atoms in total. The number of rotatable bonds is 3. The molecule has 3 rings (SSSR count). The van der Waals surface area contributed by atoms with Gasteiger partial charge in [0.25, 0.3) is 0 Å². The normalized spacial score (nSPS) is 24.5. The van der Waals surface area contributed by atoms with Crippen LogP contribution in [0.4, 0.5) is 0 Å². The predicted octanol–water partition coefficient (Wildman–Crippen LogP) is 1.60. The summed E-state index contributed by atoms with van der Waals surface area (Å²) in [5, 5.41) is 9.51. The summed E-state index contributed by atoms with van der Waals surface area (Å²) in [6.07, 6.45) is 5.07. The molecule has 0 bridgehead atoms. The number of thiazole rings is 1. The van der Waals surface area contributed by atoms with Crippen LogP contribution < -0.4 is 0 Å². The molecule has 2 atom stereocenters. The third kappa shape index (κ3) is 2.27. The molecule has 1 saturated heterocycles. The van der Waals surface area contributed by atoms with Crippen molar-refractivity contribution in [1.82, 2.24) is 9.88 Å². The highest BCUT2D eigenvalue weighted by Gasteiger charge is 2.47. The summed E-state index contributed by atoms with van der Waals surface area (Å²) in [7, 11) is 0. The van der Waals surface area contributed by atoms with Gasteiger partial charge in [-0.15, -0.1) is 11.3 Å². The van der Waals surface area contributed by atoms with Gasteiger partial charge in [0.05, 0.1) is 24.1 Å². The first-order valence-electron chi connectivity index (χ1n) is 6.69. The molecule has 0 saturated carbocycles. The zero-order valence-electron chi connectivity index (χ0n) is 11.4. The second kappa shape index (κ2) is 5.07. The average molecular weight is 306 g/mol. The monoisotopic (exact) mass is 306 g/mol. The van der Waals surface area contributed by atoms with Crippen LogP contribution in [-0.2, 0) is 16.1 Å². The van der Waals surface area contributed by atoms with Gasteiger partial charge < -0.3 is 5.11 Å². The first-order chi connectivity index (χ1) is 9.99. The number of carboxylic acid groups (broad SMARTS) is 1. The van der Waals surface area contributed by atoms with Crippen LogP contribution in [0.3, 0.4) is 0 Å². The Bertz CT molecular complexity index is 638. The first kappa shape index (κ1) is 13.9. The van der Waals surface area contributed by atoms with E-state index in [9.17, 15) is 14.4 Å². The topological polar surface area (TPSA) is 87.6 Å². The molecule has 2 aliphatic rings. The largest absolute Gasteiger partial charge is 0.477 e. The molecule has 0 aromatic carbocycles. The Kier molecular flexibility index (Phi) is 3.36. The molecule has 0 radical (unpaired) electrons. The van der Waals surface area contributed by atoms with Crippen LogP contribution in [0, 0.1) is 18.8 Å². The Morgan fingerprint density at radius 1 is 1.33 bits per heavy atom. The second-order valence-electron chi connectivity index (χ2n) is 5.25. The summed E-state index contributed by atoms with van der Waals surface area (Å²) in [6, 6.07) is 0. The van der Waals surface area contributed by atoms with Gasteiger partial charge in [0.2, 0.25) is 11.8 Å². The maximum absolute atomic E-state index is 12.3. The van der Waals surface area contributed by atoms with Crippen molar-refractivity contribution in [2.45, 2.75) is 26.3 Å². The summed E-state index contributed by atoms with van der Waals surface area (Å²) in [5.74, 6) is -1.89. The Labute approximate surface area is 125 Å². The van der Waals surface area contributed by atoms with Crippen LogP contribution in [-0.4, -0.2) is 32.8 Å². The van der Waals surface area contributed by atoms with Crippen LogP contribution in [0.5, 0.6) is 0 Å². The van der Waals surface area contributed by atoms with Crippen molar-refractivity contribution in [2.24, 2.45) is 11.8 Å². The summed E-state index contributed by atoms with van der Waals surface area (Å²) in [5.41, 5.74) is 0.417. The van der Waals surface area contributed by atoms with Crippen molar-refractivity contribution in [3.8, 4) is 0 Å². The van der Waals surface area contributed by atoms with Gasteiger partial charge in [-0.3, -0.25) is 14.5 Å². The summed E-state index contributed by atoms with van der Waals surface area (Å²) in [4.78, 5) is 41.2. The maximum Gasteiger partial charge on any atom is 0.347 e. The predicted molar refractivity (Wildman–Crippen MR) is 74.7 cm³/mol. The molecule has 7 heteroatoms. The van der Waals surface area contributed by atoms with Crippen molar-refractivity contribution < 1.29 is 19.5 Å². The summed E-state index contributed by atoms with van der Waals surface area (Å²) < 4.78 is 0. The number of aryl methyl sites for hydroxylation is 1. The van der Waals surface area contributed by atoms with E-state index >= 15 is 0 Å². The van der Waals surface area contributed by atoms with Crippen LogP contribution in [0.1, 0.15) is 33.2 Å². The zero-order valence-corrected chi connectivity index (χ0v) is 12.2. The lowest BCUT2D eigenvalue weighted by Gasteiger charge is -2.14. The third-order valence-corrected chi connectivity index (χ3v) is 5.06. The highest BCUT2D eigenvalue weighted by atomic mass is 32.1. The molecule has 1 aromatic heterocycles. The van der Waals surface area contributed by atoms with E-state index in [1.165, 1.54) is 4.90 Å². The lowest BCUT2D eigenvalue weighted by molar-refractivity contribution is -0.140. The fourth-order valence-corrected chi connectivity index (χ4v) is 3.77. The smallest absolute Gasteiger partial charge is 0.347 e. The van der Waals surface area contributed by atoms with Gasteiger partial charge in [-0.2, -0.15) is 0 Å². The molecule has 0 spiro atoms. The van der Waals surface area contributed by atoms with Gasteiger partial charge in [-0.1, -0.05) is 12.2 Å². The number of imide groups is 1. The third-order valence-electron chi connectivity index (χ3n) is 3.93. The van der Waals surface area contributed by atoms with Crippen molar-refractivity contribution in [3.05, 3.63) is 27.7 Å². The number of amides is 2. The number of hydrogen-bond acceptors (Lipinski definition) is 5. The van der Waals surface area contributed by atoms with E-state index in [0.717, 1.165) is 11.3 Å². The van der Waals surface area contributed by atoms with Crippen LogP contribution in [0.15, 0.2) is 12.2 Å². The fraction of sp³-hybridized carbons (Fsp3) is 0.429. The molecule has 1 aliphatic carbocycles. The van der Waals surface area contributed by atoms with Gasteiger partial charge in [-0.05, 0) is 19.8 Å². The number of hydrogen-bond donors (Lipinski definition) is 1. The average Bonchev–Trinajstić information content (AvgIpc) is 2.94. The van der Waals surface area contributed by atoms with Gasteiger partial charge in [-0.25, -0.2) is 9.78 Å². The fourth-order valence-electron chi connectivity index (χ4n) is 2.88. The number of allylic oxidation sites excluding steroid dienone is 2. The Balaban J connectivity index is 1.82. The lowest BCUT2D eigenvalue weighted by Crippen LogP contribution is -2.30. The van der Waals surface area contributed by atoms with Gasteiger partial charge in [0, 0.05) is 0 Å². The maximum atomic E-state index is 12.3. The number of nitrogens with zero attached hydrogens (tertiary/aromatic N) is 2. The molecular weight excluding hydrogens is 292 g/mol. The summed E-state index contributed by atoms with van der Waals surface area (Å²) in [6.45, 7) is 1.68. The minimum Gasteiger partial charge on any atom is -0.477 e. The van der Waals surface area contributed by atoms with Crippen LogP contribution in [0.25, 0.3) is 0 Å². The van der Waals surface area contributed by atoms with E-state index in [-0.39, 0.29) is 35.1 Å². The molecule has 1 aliphatic heterocycles. The molecule has 2 heterocycles. The van der Waals surface area contributed by atoms with Crippen molar-refractivity contribution >= 4 is 29.1 Å². The van der Waals surface area contributed by atoms with Crippen LogP contribution >= 0.6 is 11.3 Å². The van der Waals surface area contributed by atoms with Crippen molar-refractivity contribution in [2.75, 3.05) is 0 Å². The lowest BCUT2D eigenvalue weighted by atomic mass is 9.85. The molecular formula is C14H14N2O4S. The first-order valence-corrected chi connectivity index (χ1v) is 7.50. The second-order valence-corrected chi connectivity index (χ2v) is 6.33. The van der Waals surface area contributed by atoms with E-state index in [4.69, 9.17) is 5.11 Å². The molecule has 110 valence electrons. The number of carbonyl (C=O) groups excluding carboxylic acids is 2. The standard InChI is InChI=1S/C14H14N2O4S/c1-7-11(14(19)20)21-10(15-7)6-16-12(17)8-4-2-3-5-9(8)13(16)18/h2-3,8-9H,4-6H2,1H3,(H,19,20)/t8-,9+. The highest BCUT2D eigenvalue weighted by molar-refractivity contribution is 7.13. The minimum atomic E-state index is -1.03. The van der Waals surface area contributed by atoms with Gasteiger partial charge in [0.1, 0.15) is 9.88 Å². The molecule has 1 aromatic rings. The van der Waals surface area contributed by atoms with Gasteiger partial charge >= 0.3 is 5.97 Å². The number of likely N-dealkylation sites (tertiary alicyclic amines) is 1. The Morgan fingerprint density at radius 2 is 1.90 bits per heavy atom. The zero-order chi connectivity index (χ0) is 15.1. The SMILES string of the molecule is Cc1nc(CN2C(=O)[C@H]3CC=CC[C@H]3C2=O)sc1C(=O)O. The van der Waals surface area contributed by atoms with Crippen molar-refractivity contribution in [3.63, 3.8) is 0 Å². The number of aromatic nitrogens is 1.